The smallest absolute Gasteiger partial charge is 0.104 e. The van der Waals surface area contributed by atoms with Crippen LogP contribution < -0.4 is 16.0 Å². The predicted molar refractivity (Wildman–Crippen MR) is 56.0 cm³/mol. The average Bonchev–Trinajstić information content (AvgIpc) is 2.74. The van der Waals surface area contributed by atoms with Crippen LogP contribution in [0.5, 0.6) is 0 Å². The molecule has 82 valence electrons. The first-order valence-corrected chi connectivity index (χ1v) is 5.40. The molecule has 3 unspecified atom stereocenters. The second kappa shape index (κ2) is 3.17. The summed E-state index contributed by atoms with van der Waals surface area (Å²) in [5.74, 6) is 0.528. The molecule has 14 heavy (non-hydrogen) atoms. The zero-order chi connectivity index (χ0) is 10.4. The van der Waals surface area contributed by atoms with Gasteiger partial charge < -0.3 is 10.4 Å². The second-order valence-electron chi connectivity index (χ2n) is 4.62. The van der Waals surface area contributed by atoms with Gasteiger partial charge in [-0.2, -0.15) is 0 Å². The number of nitrogens with one attached hydrogen (secondary N) is 3. The van der Waals surface area contributed by atoms with Crippen LogP contribution in [0.1, 0.15) is 19.3 Å². The topological polar surface area (TPSA) is 56.3 Å². The van der Waals surface area contributed by atoms with Gasteiger partial charge in [-0.05, 0) is 46.3 Å². The molecule has 0 aromatic heterocycles. The third-order valence-corrected chi connectivity index (χ3v) is 4.47. The number of aliphatic hydroxyl groups excluding tert-OH is 1. The molecule has 2 rings (SSSR count). The predicted octanol–water partition coefficient (Wildman–Crippen LogP) is -0.746. The Morgan fingerprint density at radius 2 is 1.79 bits per heavy atom. The van der Waals surface area contributed by atoms with Crippen molar-refractivity contribution in [2.75, 3.05) is 21.1 Å². The molecule has 4 N–H and O–H groups in total. The highest BCUT2D eigenvalue weighted by atomic mass is 16.3. The van der Waals surface area contributed by atoms with Gasteiger partial charge in [-0.15, -0.1) is 0 Å². The van der Waals surface area contributed by atoms with Gasteiger partial charge in [0.2, 0.25) is 0 Å². The Labute approximate surface area is 85.5 Å². The van der Waals surface area contributed by atoms with E-state index in [0.29, 0.717) is 5.92 Å². The van der Waals surface area contributed by atoms with Crippen LogP contribution in [-0.4, -0.2) is 43.6 Å². The van der Waals surface area contributed by atoms with Crippen molar-refractivity contribution in [3.8, 4) is 0 Å². The molecule has 4 nitrogen and oxygen atoms in total. The highest BCUT2D eigenvalue weighted by Crippen LogP contribution is 2.51. The lowest BCUT2D eigenvalue weighted by Crippen LogP contribution is -2.69. The Hall–Kier alpha value is -0.160. The Kier molecular flexibility index (Phi) is 2.34. The van der Waals surface area contributed by atoms with E-state index in [9.17, 15) is 5.11 Å². The van der Waals surface area contributed by atoms with Crippen molar-refractivity contribution in [2.24, 2.45) is 5.92 Å². The van der Waals surface area contributed by atoms with E-state index in [1.54, 1.807) is 0 Å². The molecule has 2 fully saturated rings. The van der Waals surface area contributed by atoms with Crippen molar-refractivity contribution < 1.29 is 5.11 Å². The summed E-state index contributed by atoms with van der Waals surface area (Å²) in [7, 11) is 5.79. The van der Waals surface area contributed by atoms with E-state index in [1.807, 2.05) is 21.1 Å². The maximum atomic E-state index is 10.4. The van der Waals surface area contributed by atoms with Gasteiger partial charge in [0.1, 0.15) is 6.10 Å². The molecule has 0 saturated heterocycles. The lowest BCUT2D eigenvalue weighted by Gasteiger charge is -2.44. The Morgan fingerprint density at radius 1 is 1.14 bits per heavy atom. The lowest BCUT2D eigenvalue weighted by molar-refractivity contribution is -0.0174. The molecule has 2 aliphatic rings. The lowest BCUT2D eigenvalue weighted by atomic mass is 9.82. The molecule has 4 heteroatoms. The summed E-state index contributed by atoms with van der Waals surface area (Å²) < 4.78 is 0. The minimum absolute atomic E-state index is 0.0727. The fraction of sp³-hybridized carbons (Fsp3) is 1.00. The van der Waals surface area contributed by atoms with Crippen molar-refractivity contribution in [2.45, 2.75) is 36.6 Å². The maximum Gasteiger partial charge on any atom is 0.104 e. The van der Waals surface area contributed by atoms with Crippen LogP contribution in [0.15, 0.2) is 0 Å². The van der Waals surface area contributed by atoms with Crippen LogP contribution in [0.4, 0.5) is 0 Å². The van der Waals surface area contributed by atoms with Crippen LogP contribution in [-0.2, 0) is 0 Å². The van der Waals surface area contributed by atoms with Crippen LogP contribution in [0.25, 0.3) is 0 Å². The summed E-state index contributed by atoms with van der Waals surface area (Å²) in [5, 5.41) is 20.2. The van der Waals surface area contributed by atoms with Crippen molar-refractivity contribution in [3.63, 3.8) is 0 Å². The molecule has 0 radical (unpaired) electrons. The van der Waals surface area contributed by atoms with E-state index >= 15 is 0 Å². The first-order chi connectivity index (χ1) is 6.65. The van der Waals surface area contributed by atoms with Crippen molar-refractivity contribution in [3.05, 3.63) is 0 Å². The average molecular weight is 199 g/mol. The van der Waals surface area contributed by atoms with Gasteiger partial charge in [0, 0.05) is 5.54 Å². The van der Waals surface area contributed by atoms with Gasteiger partial charge in [-0.1, -0.05) is 0 Å². The van der Waals surface area contributed by atoms with E-state index in [-0.39, 0.29) is 17.3 Å². The van der Waals surface area contributed by atoms with Crippen LogP contribution in [0, 0.1) is 5.92 Å². The van der Waals surface area contributed by atoms with Crippen molar-refractivity contribution >= 4 is 0 Å². The van der Waals surface area contributed by atoms with Gasteiger partial charge in [0.25, 0.3) is 0 Å². The fourth-order valence-corrected chi connectivity index (χ4v) is 3.54. The highest BCUT2D eigenvalue weighted by molar-refractivity contribution is 5.20. The minimum Gasteiger partial charge on any atom is -0.388 e. The Morgan fingerprint density at radius 3 is 2.14 bits per heavy atom. The third kappa shape index (κ3) is 0.972. The molecule has 0 aromatic carbocycles. The van der Waals surface area contributed by atoms with Crippen LogP contribution in [0.3, 0.4) is 0 Å². The summed E-state index contributed by atoms with van der Waals surface area (Å²) in [4.78, 5) is 0. The van der Waals surface area contributed by atoms with Gasteiger partial charge in [-0.3, -0.25) is 10.6 Å². The van der Waals surface area contributed by atoms with Crippen LogP contribution >= 0.6 is 0 Å². The molecule has 2 saturated carbocycles. The number of hydrogen-bond donors (Lipinski definition) is 4. The number of aliphatic hydroxyl groups is 1. The van der Waals surface area contributed by atoms with Gasteiger partial charge in [0.15, 0.2) is 0 Å². The van der Waals surface area contributed by atoms with E-state index in [0.717, 1.165) is 12.8 Å². The summed E-state index contributed by atoms with van der Waals surface area (Å²) in [5.41, 5.74) is -0.363. The van der Waals surface area contributed by atoms with Crippen molar-refractivity contribution in [1.82, 2.24) is 16.0 Å². The highest BCUT2D eigenvalue weighted by Gasteiger charge is 2.64. The first kappa shape index (κ1) is 10.4. The summed E-state index contributed by atoms with van der Waals surface area (Å²) in [6.07, 6.45) is 2.97. The summed E-state index contributed by atoms with van der Waals surface area (Å²) in [6.45, 7) is 0. The molecule has 0 spiro atoms. The zero-order valence-electron chi connectivity index (χ0n) is 9.22. The molecule has 2 aliphatic carbocycles. The van der Waals surface area contributed by atoms with Gasteiger partial charge >= 0.3 is 0 Å². The molecule has 0 aliphatic heterocycles. The largest absolute Gasteiger partial charge is 0.388 e. The molecule has 2 bridgehead atoms. The van der Waals surface area contributed by atoms with E-state index in [1.165, 1.54) is 6.42 Å². The molecule has 3 atom stereocenters. The standard InChI is InChI=1S/C10H21N3O/c1-11-9-5-4-7(6-9)10(12-2,13-3)8(9)14/h7-8,11-14H,4-6H2,1-3H3. The molecule has 0 amide bonds. The van der Waals surface area contributed by atoms with E-state index in [4.69, 9.17) is 0 Å². The summed E-state index contributed by atoms with van der Waals surface area (Å²) >= 11 is 0. The maximum absolute atomic E-state index is 10.4. The van der Waals surface area contributed by atoms with E-state index in [2.05, 4.69) is 16.0 Å². The quantitative estimate of drug-likeness (QED) is 0.452. The zero-order valence-corrected chi connectivity index (χ0v) is 9.22. The molecular formula is C10H21N3O. The third-order valence-electron chi connectivity index (χ3n) is 4.47. The number of rotatable bonds is 3. The normalized spacial score (nSPS) is 44.6. The molecule has 0 aromatic rings. The monoisotopic (exact) mass is 199 g/mol. The second-order valence-corrected chi connectivity index (χ2v) is 4.62. The number of hydrogen-bond acceptors (Lipinski definition) is 4. The van der Waals surface area contributed by atoms with Crippen molar-refractivity contribution in [1.29, 1.82) is 0 Å². The molecule has 0 heterocycles. The van der Waals surface area contributed by atoms with Gasteiger partial charge in [0.05, 0.1) is 5.66 Å². The summed E-state index contributed by atoms with van der Waals surface area (Å²) in [6, 6.07) is 0. The van der Waals surface area contributed by atoms with Gasteiger partial charge in [-0.25, -0.2) is 0 Å². The SMILES string of the molecule is CNC12CCC(C1)C(NC)(NC)C2O. The first-order valence-electron chi connectivity index (χ1n) is 5.40. The number of likely N-dealkylation sites (N-methyl/N-ethyl adjacent to an activating group) is 3. The Balaban J connectivity index is 2.32. The number of fused-ring (bicyclic) bond motifs is 2. The Bertz CT molecular complexity index is 229. The van der Waals surface area contributed by atoms with E-state index < -0.39 is 0 Å². The fourth-order valence-electron chi connectivity index (χ4n) is 3.54. The van der Waals surface area contributed by atoms with Crippen LogP contribution in [0.2, 0.25) is 0 Å². The minimum atomic E-state index is -0.353. The molecular weight excluding hydrogens is 178 g/mol.